The molecule has 0 atom stereocenters. The number of rotatable bonds is 5. The molecule has 0 saturated heterocycles. The first-order valence-corrected chi connectivity index (χ1v) is 9.39. The van der Waals surface area contributed by atoms with E-state index in [1.807, 2.05) is 32.9 Å². The zero-order chi connectivity index (χ0) is 20.4. The van der Waals surface area contributed by atoms with Crippen LogP contribution < -0.4 is 10.6 Å². The molecule has 0 saturated carbocycles. The molecule has 6 heteroatoms. The van der Waals surface area contributed by atoms with Gasteiger partial charge >= 0.3 is 0 Å². The van der Waals surface area contributed by atoms with Gasteiger partial charge in [0.2, 0.25) is 11.8 Å². The average Bonchev–Trinajstić information content (AvgIpc) is 2.58. The van der Waals surface area contributed by atoms with E-state index in [1.54, 1.807) is 32.0 Å². The molecule has 2 amide bonds. The molecule has 0 heterocycles. The highest BCUT2D eigenvalue weighted by Gasteiger charge is 2.30. The van der Waals surface area contributed by atoms with E-state index in [4.69, 9.17) is 23.2 Å². The molecule has 2 N–H and O–H groups in total. The van der Waals surface area contributed by atoms with E-state index >= 15 is 0 Å². The fourth-order valence-electron chi connectivity index (χ4n) is 2.96. The lowest BCUT2D eigenvalue weighted by molar-refractivity contribution is -0.127. The number of hydrogen-bond donors (Lipinski definition) is 2. The molecule has 0 aliphatic rings. The van der Waals surface area contributed by atoms with Gasteiger partial charge < -0.3 is 10.6 Å². The minimum Gasteiger partial charge on any atom is -0.346 e. The van der Waals surface area contributed by atoms with Crippen molar-refractivity contribution in [1.82, 2.24) is 5.32 Å². The SMILES string of the molecule is Cc1cc(C)c(NC(=O)CNC(=O)C(C)(C)c2ccc(Cl)c(Cl)c2)c(C)c1. The minimum absolute atomic E-state index is 0.115. The minimum atomic E-state index is -0.857. The Labute approximate surface area is 170 Å². The molecule has 27 heavy (non-hydrogen) atoms. The lowest BCUT2D eigenvalue weighted by Crippen LogP contribution is -2.43. The molecular formula is C21H24Cl2N2O2. The molecule has 0 bridgehead atoms. The van der Waals surface area contributed by atoms with Gasteiger partial charge in [0, 0.05) is 5.69 Å². The summed E-state index contributed by atoms with van der Waals surface area (Å²) in [5, 5.41) is 6.39. The molecular weight excluding hydrogens is 383 g/mol. The Bertz CT molecular complexity index is 869. The van der Waals surface area contributed by atoms with Gasteiger partial charge in [-0.1, -0.05) is 47.0 Å². The Hall–Kier alpha value is -2.04. The standard InChI is InChI=1S/C21H24Cl2N2O2/c1-12-8-13(2)19(14(3)9-12)25-18(26)11-24-20(27)21(4,5)15-6-7-16(22)17(23)10-15/h6-10H,11H2,1-5H3,(H,24,27)(H,25,26). The largest absolute Gasteiger partial charge is 0.346 e. The van der Waals surface area contributed by atoms with E-state index in [0.29, 0.717) is 10.0 Å². The van der Waals surface area contributed by atoms with Gasteiger partial charge in [0.25, 0.3) is 0 Å². The van der Waals surface area contributed by atoms with E-state index < -0.39 is 5.41 Å². The Kier molecular flexibility index (Phi) is 6.55. The van der Waals surface area contributed by atoms with E-state index in [0.717, 1.165) is 27.9 Å². The van der Waals surface area contributed by atoms with Gasteiger partial charge in [-0.3, -0.25) is 9.59 Å². The number of aryl methyl sites for hydroxylation is 3. The first-order valence-electron chi connectivity index (χ1n) is 8.64. The highest BCUT2D eigenvalue weighted by Crippen LogP contribution is 2.30. The van der Waals surface area contributed by atoms with Gasteiger partial charge in [-0.2, -0.15) is 0 Å². The quantitative estimate of drug-likeness (QED) is 0.737. The number of carbonyl (C=O) groups is 2. The molecule has 2 rings (SSSR count). The Balaban J connectivity index is 2.04. The maximum Gasteiger partial charge on any atom is 0.243 e. The van der Waals surface area contributed by atoms with Gasteiger partial charge in [-0.25, -0.2) is 0 Å². The van der Waals surface area contributed by atoms with Crippen molar-refractivity contribution in [3.8, 4) is 0 Å². The van der Waals surface area contributed by atoms with Gasteiger partial charge in [0.05, 0.1) is 22.0 Å². The zero-order valence-corrected chi connectivity index (χ0v) is 17.7. The van der Waals surface area contributed by atoms with Crippen LogP contribution in [0, 0.1) is 20.8 Å². The summed E-state index contributed by atoms with van der Waals surface area (Å²) < 4.78 is 0. The Morgan fingerprint density at radius 2 is 1.56 bits per heavy atom. The van der Waals surface area contributed by atoms with Crippen molar-refractivity contribution in [3.63, 3.8) is 0 Å². The molecule has 4 nitrogen and oxygen atoms in total. The topological polar surface area (TPSA) is 58.2 Å². The lowest BCUT2D eigenvalue weighted by atomic mass is 9.83. The second-order valence-electron chi connectivity index (χ2n) is 7.26. The maximum atomic E-state index is 12.6. The third-order valence-electron chi connectivity index (χ3n) is 4.56. The van der Waals surface area contributed by atoms with Crippen LogP contribution in [0.5, 0.6) is 0 Å². The van der Waals surface area contributed by atoms with Crippen molar-refractivity contribution in [2.45, 2.75) is 40.0 Å². The molecule has 0 aromatic heterocycles. The number of anilines is 1. The summed E-state index contributed by atoms with van der Waals surface area (Å²) in [5.41, 5.74) is 3.76. The molecule has 2 aromatic rings. The van der Waals surface area contributed by atoms with Gasteiger partial charge in [-0.15, -0.1) is 0 Å². The predicted molar refractivity (Wildman–Crippen MR) is 112 cm³/mol. The Morgan fingerprint density at radius 1 is 0.963 bits per heavy atom. The summed E-state index contributed by atoms with van der Waals surface area (Å²) in [6.07, 6.45) is 0. The summed E-state index contributed by atoms with van der Waals surface area (Å²) >= 11 is 12.0. The summed E-state index contributed by atoms with van der Waals surface area (Å²) in [6, 6.07) is 9.10. The molecule has 0 aliphatic carbocycles. The fraction of sp³-hybridized carbons (Fsp3) is 0.333. The normalized spacial score (nSPS) is 11.2. The highest BCUT2D eigenvalue weighted by molar-refractivity contribution is 6.42. The summed E-state index contributed by atoms with van der Waals surface area (Å²) in [5.74, 6) is -0.545. The predicted octanol–water partition coefficient (Wildman–Crippen LogP) is 4.95. The number of hydrogen-bond acceptors (Lipinski definition) is 2. The van der Waals surface area contributed by atoms with Crippen LogP contribution in [0.2, 0.25) is 10.0 Å². The third-order valence-corrected chi connectivity index (χ3v) is 5.30. The molecule has 2 aromatic carbocycles. The van der Waals surface area contributed by atoms with Crippen LogP contribution in [0.1, 0.15) is 36.1 Å². The van der Waals surface area contributed by atoms with Crippen molar-refractivity contribution in [2.75, 3.05) is 11.9 Å². The van der Waals surface area contributed by atoms with Crippen LogP contribution in [0.3, 0.4) is 0 Å². The smallest absolute Gasteiger partial charge is 0.243 e. The Morgan fingerprint density at radius 3 is 2.11 bits per heavy atom. The second kappa shape index (κ2) is 8.32. The molecule has 0 aliphatic heterocycles. The van der Waals surface area contributed by atoms with Crippen LogP contribution in [0.15, 0.2) is 30.3 Å². The zero-order valence-electron chi connectivity index (χ0n) is 16.2. The molecule has 144 valence electrons. The second-order valence-corrected chi connectivity index (χ2v) is 8.07. The third kappa shape index (κ3) is 5.02. The van der Waals surface area contributed by atoms with Crippen molar-refractivity contribution in [3.05, 3.63) is 62.6 Å². The van der Waals surface area contributed by atoms with E-state index in [-0.39, 0.29) is 18.4 Å². The van der Waals surface area contributed by atoms with Crippen molar-refractivity contribution in [2.24, 2.45) is 0 Å². The number of carbonyl (C=O) groups excluding carboxylic acids is 2. The molecule has 0 unspecified atom stereocenters. The lowest BCUT2D eigenvalue weighted by Gasteiger charge is -2.24. The maximum absolute atomic E-state index is 12.6. The summed E-state index contributed by atoms with van der Waals surface area (Å²) in [4.78, 5) is 24.9. The van der Waals surface area contributed by atoms with E-state index in [9.17, 15) is 9.59 Å². The van der Waals surface area contributed by atoms with Crippen molar-refractivity contribution >= 4 is 40.7 Å². The fourth-order valence-corrected chi connectivity index (χ4v) is 3.26. The first kappa shape index (κ1) is 21.3. The number of amides is 2. The van der Waals surface area contributed by atoms with Gasteiger partial charge in [0.15, 0.2) is 0 Å². The molecule has 0 fully saturated rings. The monoisotopic (exact) mass is 406 g/mol. The van der Waals surface area contributed by atoms with Crippen molar-refractivity contribution < 1.29 is 9.59 Å². The van der Waals surface area contributed by atoms with Crippen LogP contribution in [0.4, 0.5) is 5.69 Å². The molecule has 0 radical (unpaired) electrons. The van der Waals surface area contributed by atoms with Gasteiger partial charge in [-0.05, 0) is 63.4 Å². The highest BCUT2D eigenvalue weighted by atomic mass is 35.5. The van der Waals surface area contributed by atoms with Crippen molar-refractivity contribution in [1.29, 1.82) is 0 Å². The molecule has 0 spiro atoms. The number of nitrogens with one attached hydrogen (secondary N) is 2. The first-order chi connectivity index (χ1) is 12.5. The van der Waals surface area contributed by atoms with Crippen LogP contribution in [-0.2, 0) is 15.0 Å². The van der Waals surface area contributed by atoms with E-state index in [2.05, 4.69) is 10.6 Å². The number of halogens is 2. The van der Waals surface area contributed by atoms with E-state index in [1.165, 1.54) is 0 Å². The average molecular weight is 407 g/mol. The van der Waals surface area contributed by atoms with Gasteiger partial charge in [0.1, 0.15) is 0 Å². The van der Waals surface area contributed by atoms with Crippen LogP contribution in [0.25, 0.3) is 0 Å². The summed E-state index contributed by atoms with van der Waals surface area (Å²) in [7, 11) is 0. The summed E-state index contributed by atoms with van der Waals surface area (Å²) in [6.45, 7) is 9.33. The van der Waals surface area contributed by atoms with Crippen LogP contribution >= 0.6 is 23.2 Å². The number of benzene rings is 2. The van der Waals surface area contributed by atoms with Crippen LogP contribution in [-0.4, -0.2) is 18.4 Å².